The molecule has 0 aliphatic carbocycles. The SMILES string of the molecule is C/C=C/C[C@@H](C)[C@H]1ON2C(=O)[C@H](C(C)C)N(C)C(=O)[C@@H]3CC(C)N(C(=O)[C@H](C)NC(=O)[C@H](CC(C)C)N(C)C(=O)[C@H](C(C)C)NC(=O)[C@H]([C@@H](C)OCCCCN4CCOCC4)N(C)C(=O)[C@@H](C)N(C)C(=O)[C@H](CC)NC(=O)[C@H]12)[C@H](C)C(=O)N(C)[C@@H](CC(C)C)C(=O)N3C. The van der Waals surface area contributed by atoms with E-state index in [-0.39, 0.29) is 50.0 Å². The summed E-state index contributed by atoms with van der Waals surface area (Å²) in [6.45, 7) is 31.6. The predicted molar refractivity (Wildman–Crippen MR) is 352 cm³/mol. The zero-order valence-electron chi connectivity index (χ0n) is 60.1. The molecule has 0 aromatic rings. The van der Waals surface area contributed by atoms with Crippen molar-refractivity contribution in [2.24, 2.45) is 29.6 Å². The Kier molecular flexibility index (Phi) is 30.2. The van der Waals surface area contributed by atoms with E-state index in [4.69, 9.17) is 14.3 Å². The van der Waals surface area contributed by atoms with Crippen molar-refractivity contribution in [2.75, 3.05) is 81.7 Å². The van der Waals surface area contributed by atoms with Crippen LogP contribution in [0, 0.1) is 29.6 Å². The first-order valence-electron chi connectivity index (χ1n) is 33.8. The number of nitrogens with zero attached hydrogens (tertiary/aromatic N) is 9. The Morgan fingerprint density at radius 3 is 1.70 bits per heavy atom. The van der Waals surface area contributed by atoms with Gasteiger partial charge in [0, 0.05) is 68.0 Å². The molecule has 11 amide bonds. The van der Waals surface area contributed by atoms with Crippen molar-refractivity contribution in [3.63, 3.8) is 0 Å². The van der Waals surface area contributed by atoms with Gasteiger partial charge in [-0.25, -0.2) is 5.06 Å². The summed E-state index contributed by atoms with van der Waals surface area (Å²) >= 11 is 0. The van der Waals surface area contributed by atoms with Crippen molar-refractivity contribution in [3.05, 3.63) is 12.2 Å². The maximum atomic E-state index is 15.6. The Balaban J connectivity index is 1.96. The highest BCUT2D eigenvalue weighted by Gasteiger charge is 2.55. The number of fused-ring (bicyclic) bond motifs is 4. The number of ether oxygens (including phenoxy) is 2. The number of allylic oxidation sites excluding steroid dienone is 2. The lowest BCUT2D eigenvalue weighted by atomic mass is 9.90. The van der Waals surface area contributed by atoms with Crippen LogP contribution in [0.4, 0.5) is 0 Å². The summed E-state index contributed by atoms with van der Waals surface area (Å²) in [5.41, 5.74) is 0. The molecule has 15 atom stereocenters. The summed E-state index contributed by atoms with van der Waals surface area (Å²) in [7, 11) is 8.63. The van der Waals surface area contributed by atoms with Gasteiger partial charge in [-0.1, -0.05) is 81.4 Å². The van der Waals surface area contributed by atoms with Gasteiger partial charge >= 0.3 is 0 Å². The Morgan fingerprint density at radius 1 is 0.570 bits per heavy atom. The molecule has 0 aromatic carbocycles. The average Bonchev–Trinajstić information content (AvgIpc) is 0.767. The van der Waals surface area contributed by atoms with Crippen LogP contribution in [0.15, 0.2) is 12.2 Å². The molecule has 26 heteroatoms. The molecule has 0 aromatic heterocycles. The largest absolute Gasteiger partial charge is 0.379 e. The standard InChI is InChI=1S/C67H116N12O14/c1-23-25-28-42(11)56-55-59(82)69-48(24-2)63(86)71(17)45(14)61(84)76(22)54(47(16)92-32-27-26-29-77-30-33-91-34-31-77)58(81)70-52(40(7)8)66(89)72(18)49(35-38(3)4)57(80)68-44(13)60(83)78-43(12)37-51(65(88)75(21)53(41(9)10)67(90)79(55)93-56)74(20)64(87)50(36-39(5)6)73(19)62(85)46(78)15/h23,25,38-56H,24,26-37H2,1-22H3,(H,68,80)(H,69,82)(H,70,81)/b25-23+/t42-,43?,44+,45-,46-,47-,48+,49+,50+,51+,52+,53+,54+,55+,56-/m1/s1. The van der Waals surface area contributed by atoms with E-state index in [2.05, 4.69) is 20.9 Å². The molecule has 528 valence electrons. The Hall–Kier alpha value is -6.25. The molecule has 93 heavy (non-hydrogen) atoms. The minimum absolute atomic E-state index is 0.0484. The second-order valence-electron chi connectivity index (χ2n) is 27.9. The summed E-state index contributed by atoms with van der Waals surface area (Å²) < 4.78 is 11.9. The summed E-state index contributed by atoms with van der Waals surface area (Å²) in [6.07, 6.45) is 3.88. The van der Waals surface area contributed by atoms with Crippen molar-refractivity contribution in [1.29, 1.82) is 0 Å². The van der Waals surface area contributed by atoms with Crippen LogP contribution in [-0.4, -0.2) is 276 Å². The van der Waals surface area contributed by atoms with Gasteiger partial charge < -0.3 is 59.7 Å². The second-order valence-corrected chi connectivity index (χ2v) is 27.9. The molecular weight excluding hydrogens is 1200 g/mol. The van der Waals surface area contributed by atoms with Crippen LogP contribution < -0.4 is 16.0 Å². The molecule has 4 aliphatic rings. The summed E-state index contributed by atoms with van der Waals surface area (Å²) in [5, 5.41) is 9.56. The van der Waals surface area contributed by atoms with Gasteiger partial charge in [-0.05, 0) is 123 Å². The highest BCUT2D eigenvalue weighted by Crippen LogP contribution is 2.34. The van der Waals surface area contributed by atoms with Crippen molar-refractivity contribution >= 4 is 65.0 Å². The number of hydrogen-bond donors (Lipinski definition) is 3. The number of morpholine rings is 1. The van der Waals surface area contributed by atoms with Crippen LogP contribution >= 0.6 is 0 Å². The zero-order valence-corrected chi connectivity index (χ0v) is 60.1. The van der Waals surface area contributed by atoms with Crippen LogP contribution in [0.25, 0.3) is 0 Å². The van der Waals surface area contributed by atoms with Gasteiger partial charge in [0.05, 0.1) is 19.3 Å². The van der Waals surface area contributed by atoms with E-state index in [0.29, 0.717) is 26.1 Å². The molecule has 4 rings (SSSR count). The van der Waals surface area contributed by atoms with Crippen LogP contribution in [-0.2, 0) is 67.1 Å². The van der Waals surface area contributed by atoms with Gasteiger partial charge in [0.15, 0.2) is 6.04 Å². The second kappa shape index (κ2) is 35.5. The lowest BCUT2D eigenvalue weighted by molar-refractivity contribution is -0.321. The number of unbranched alkanes of at least 4 members (excludes halogenated alkanes) is 1. The van der Waals surface area contributed by atoms with E-state index < -0.39 is 162 Å². The molecule has 3 N–H and O–H groups in total. The molecule has 1 unspecified atom stereocenters. The molecule has 4 heterocycles. The zero-order chi connectivity index (χ0) is 70.4. The third-order valence-corrected chi connectivity index (χ3v) is 19.1. The molecule has 26 nitrogen and oxygen atoms in total. The van der Waals surface area contributed by atoms with Crippen molar-refractivity contribution < 1.29 is 67.1 Å². The molecule has 0 radical (unpaired) electrons. The first-order chi connectivity index (χ1) is 43.5. The molecule has 0 spiro atoms. The first-order valence-corrected chi connectivity index (χ1v) is 33.8. The number of rotatable bonds is 17. The molecule has 4 saturated heterocycles. The van der Waals surface area contributed by atoms with E-state index in [1.165, 1.54) is 97.4 Å². The van der Waals surface area contributed by atoms with Gasteiger partial charge in [0.25, 0.3) is 5.91 Å². The maximum Gasteiger partial charge on any atom is 0.270 e. The summed E-state index contributed by atoms with van der Waals surface area (Å²) in [4.78, 5) is 183. The van der Waals surface area contributed by atoms with Gasteiger partial charge in [-0.2, -0.15) is 0 Å². The highest BCUT2D eigenvalue weighted by atomic mass is 16.7. The highest BCUT2D eigenvalue weighted by molar-refractivity contribution is 6.00. The maximum absolute atomic E-state index is 15.6. The Morgan fingerprint density at radius 2 is 1.14 bits per heavy atom. The van der Waals surface area contributed by atoms with Crippen LogP contribution in [0.5, 0.6) is 0 Å². The number of likely N-dealkylation sites (N-methyl/N-ethyl adjacent to an activating group) is 6. The van der Waals surface area contributed by atoms with Crippen LogP contribution in [0.3, 0.4) is 0 Å². The number of nitrogens with one attached hydrogen (secondary N) is 3. The van der Waals surface area contributed by atoms with E-state index in [1.807, 2.05) is 53.7 Å². The number of amides is 11. The fourth-order valence-electron chi connectivity index (χ4n) is 13.1. The predicted octanol–water partition coefficient (Wildman–Crippen LogP) is 2.91. The number of hydroxylamine groups is 2. The lowest BCUT2D eigenvalue weighted by Crippen LogP contribution is -2.72. The first kappa shape index (κ1) is 79.2. The van der Waals surface area contributed by atoms with Crippen LogP contribution in [0.2, 0.25) is 0 Å². The fourth-order valence-corrected chi connectivity index (χ4v) is 13.1. The average molecular weight is 1310 g/mol. The van der Waals surface area contributed by atoms with E-state index >= 15 is 24.0 Å². The fraction of sp³-hybridized carbons (Fsp3) is 0.806. The van der Waals surface area contributed by atoms with E-state index in [9.17, 15) is 28.8 Å². The smallest absolute Gasteiger partial charge is 0.270 e. The Bertz CT molecular complexity index is 2630. The van der Waals surface area contributed by atoms with Gasteiger partial charge in [-0.15, -0.1) is 0 Å². The summed E-state index contributed by atoms with van der Waals surface area (Å²) in [5.74, 6) is -9.27. The van der Waals surface area contributed by atoms with Crippen molar-refractivity contribution in [1.82, 2.24) is 60.2 Å². The molecular formula is C67H116N12O14. The quantitative estimate of drug-likeness (QED) is 0.140. The van der Waals surface area contributed by atoms with Crippen LogP contribution in [0.1, 0.15) is 156 Å². The van der Waals surface area contributed by atoms with E-state index in [1.54, 1.807) is 48.5 Å². The normalized spacial score (nSPS) is 30.1. The van der Waals surface area contributed by atoms with Gasteiger partial charge in [0.2, 0.25) is 59.1 Å². The number of carbonyl (C=O) groups is 11. The summed E-state index contributed by atoms with van der Waals surface area (Å²) in [6, 6.07) is -15.0. The van der Waals surface area contributed by atoms with Gasteiger partial charge in [0.1, 0.15) is 66.5 Å². The third-order valence-electron chi connectivity index (χ3n) is 19.1. The lowest BCUT2D eigenvalue weighted by Gasteiger charge is -2.50. The molecule has 4 fully saturated rings. The third kappa shape index (κ3) is 19.5. The minimum Gasteiger partial charge on any atom is -0.379 e. The van der Waals surface area contributed by atoms with Crippen molar-refractivity contribution in [3.8, 4) is 0 Å². The molecule has 4 aliphatic heterocycles. The van der Waals surface area contributed by atoms with E-state index in [0.717, 1.165) is 31.1 Å². The Labute approximate surface area is 554 Å². The van der Waals surface area contributed by atoms with Gasteiger partial charge in [-0.3, -0.25) is 62.5 Å². The minimum atomic E-state index is -1.38. The van der Waals surface area contributed by atoms with Crippen molar-refractivity contribution in [2.45, 2.75) is 240 Å². The number of carbonyl (C=O) groups excluding carboxylic acids is 11. The monoisotopic (exact) mass is 1310 g/mol. The number of hydrogen-bond acceptors (Lipinski definition) is 15. The molecule has 0 saturated carbocycles. The molecule has 2 bridgehead atoms. The topological polar surface area (TPSA) is 281 Å².